The van der Waals surface area contributed by atoms with Crippen molar-refractivity contribution in [2.24, 2.45) is 0 Å². The van der Waals surface area contributed by atoms with Crippen molar-refractivity contribution in [3.8, 4) is 0 Å². The Morgan fingerprint density at radius 3 is 2.26 bits per heavy atom. The zero-order chi connectivity index (χ0) is 15.2. The molecule has 0 aromatic carbocycles. The first-order valence-electron chi connectivity index (χ1n) is 4.97. The highest BCUT2D eigenvalue weighted by atomic mass is 32.3. The number of carbonyl (C=O) groups is 2. The molecule has 0 aliphatic rings. The number of nitrogens with one attached hydrogen (secondary N) is 1. The quantitative estimate of drug-likeness (QED) is 0.226. The van der Waals surface area contributed by atoms with Crippen LogP contribution in [0.3, 0.4) is 0 Å². The van der Waals surface area contributed by atoms with Crippen LogP contribution in [0.25, 0.3) is 0 Å². The summed E-state index contributed by atoms with van der Waals surface area (Å²) in [6, 6.07) is -1.66. The van der Waals surface area contributed by atoms with Gasteiger partial charge < -0.3 is 25.4 Å². The zero-order valence-electron chi connectivity index (χ0n) is 9.83. The van der Waals surface area contributed by atoms with Gasteiger partial charge in [0.2, 0.25) is 5.91 Å². The van der Waals surface area contributed by atoms with Crippen molar-refractivity contribution in [2.75, 3.05) is 6.61 Å². The van der Waals surface area contributed by atoms with Crippen molar-refractivity contribution < 1.29 is 42.1 Å². The van der Waals surface area contributed by atoms with Crippen molar-refractivity contribution in [3.63, 3.8) is 0 Å². The molecule has 0 spiro atoms. The first-order chi connectivity index (χ1) is 8.62. The third-order valence-electron chi connectivity index (χ3n) is 2.02. The van der Waals surface area contributed by atoms with Gasteiger partial charge in [-0.1, -0.05) is 0 Å². The number of amides is 1. The van der Waals surface area contributed by atoms with E-state index in [1.54, 1.807) is 0 Å². The molecule has 4 unspecified atom stereocenters. The molecule has 0 aliphatic heterocycles. The summed E-state index contributed by atoms with van der Waals surface area (Å²) in [4.78, 5) is 21.6. The van der Waals surface area contributed by atoms with Crippen molar-refractivity contribution in [2.45, 2.75) is 31.3 Å². The molecule has 0 aromatic heterocycles. The predicted octanol–water partition coefficient (Wildman–Crippen LogP) is -3.41. The van der Waals surface area contributed by atoms with Crippen LogP contribution in [0, 0.1) is 0 Å². The number of rotatable bonds is 8. The molecule has 4 atom stereocenters. The first kappa shape index (κ1) is 17.9. The summed E-state index contributed by atoms with van der Waals surface area (Å²) in [7, 11) is -5.06. The monoisotopic (exact) mass is 301 g/mol. The maximum atomic E-state index is 10.8. The fraction of sp³-hybridized carbons (Fsp3) is 0.750. The van der Waals surface area contributed by atoms with Gasteiger partial charge in [-0.25, -0.2) is 4.18 Å². The smallest absolute Gasteiger partial charge is 0.394 e. The van der Waals surface area contributed by atoms with Crippen molar-refractivity contribution >= 4 is 22.6 Å². The standard InChI is InChI=1S/C8H15NO9S/c1-4(12)9-5(2-10)8(18-19(15,16)17)7(14)6(13)3-11/h2,5-8,11,13-14H,3H2,1H3,(H,9,12)(H,15,16,17). The molecule has 1 amide bonds. The number of hydrogen-bond donors (Lipinski definition) is 5. The number of aliphatic hydroxyl groups excluding tert-OH is 3. The number of aldehydes is 1. The molecule has 0 aromatic rings. The third-order valence-corrected chi connectivity index (χ3v) is 2.49. The number of carbonyl (C=O) groups excluding carboxylic acids is 2. The molecule has 0 aliphatic carbocycles. The molecule has 5 N–H and O–H groups in total. The van der Waals surface area contributed by atoms with E-state index in [-0.39, 0.29) is 6.29 Å². The number of hydrogen-bond acceptors (Lipinski definition) is 8. The van der Waals surface area contributed by atoms with Crippen LogP contribution in [0.15, 0.2) is 0 Å². The molecule has 0 bridgehead atoms. The Labute approximate surface area is 109 Å². The SMILES string of the molecule is CC(=O)NC(C=O)C(OS(=O)(=O)O)C(O)C(O)CO. The lowest BCUT2D eigenvalue weighted by Gasteiger charge is -2.28. The van der Waals surface area contributed by atoms with Crippen LogP contribution in [0.1, 0.15) is 6.92 Å². The van der Waals surface area contributed by atoms with E-state index < -0.39 is 47.3 Å². The van der Waals surface area contributed by atoms with Crippen LogP contribution in [0.5, 0.6) is 0 Å². The Morgan fingerprint density at radius 1 is 1.42 bits per heavy atom. The van der Waals surface area contributed by atoms with E-state index in [2.05, 4.69) is 4.18 Å². The Hall–Kier alpha value is -1.11. The van der Waals surface area contributed by atoms with Crippen molar-refractivity contribution in [3.05, 3.63) is 0 Å². The summed E-state index contributed by atoms with van der Waals surface area (Å²) in [6.07, 6.45) is -5.85. The van der Waals surface area contributed by atoms with E-state index in [9.17, 15) is 28.2 Å². The van der Waals surface area contributed by atoms with E-state index in [1.807, 2.05) is 5.32 Å². The van der Waals surface area contributed by atoms with Crippen molar-refractivity contribution in [1.82, 2.24) is 5.32 Å². The average Bonchev–Trinajstić information content (AvgIpc) is 2.29. The topological polar surface area (TPSA) is 170 Å². The summed E-state index contributed by atoms with van der Waals surface area (Å²) < 4.78 is 33.8. The Morgan fingerprint density at radius 2 is 1.95 bits per heavy atom. The van der Waals surface area contributed by atoms with Gasteiger partial charge in [0, 0.05) is 6.92 Å². The normalized spacial score (nSPS) is 18.2. The van der Waals surface area contributed by atoms with Crippen LogP contribution in [0.4, 0.5) is 0 Å². The predicted molar refractivity (Wildman–Crippen MR) is 59.2 cm³/mol. The average molecular weight is 301 g/mol. The molecular weight excluding hydrogens is 286 g/mol. The summed E-state index contributed by atoms with van der Waals surface area (Å²) in [5.74, 6) is -0.744. The molecule has 10 nitrogen and oxygen atoms in total. The number of aliphatic hydroxyl groups is 3. The van der Waals surface area contributed by atoms with Gasteiger partial charge in [-0.3, -0.25) is 9.35 Å². The Bertz CT molecular complexity index is 408. The molecule has 0 rings (SSSR count). The minimum absolute atomic E-state index is 0.0462. The molecular formula is C8H15NO9S. The molecule has 0 saturated carbocycles. The molecule has 19 heavy (non-hydrogen) atoms. The van der Waals surface area contributed by atoms with Crippen LogP contribution in [-0.4, -0.2) is 71.4 Å². The van der Waals surface area contributed by atoms with Crippen LogP contribution in [-0.2, 0) is 24.2 Å². The zero-order valence-corrected chi connectivity index (χ0v) is 10.6. The maximum Gasteiger partial charge on any atom is 0.397 e. The fourth-order valence-corrected chi connectivity index (χ4v) is 1.74. The highest BCUT2D eigenvalue weighted by Gasteiger charge is 2.37. The van der Waals surface area contributed by atoms with E-state index in [1.165, 1.54) is 0 Å². The minimum Gasteiger partial charge on any atom is -0.394 e. The summed E-state index contributed by atoms with van der Waals surface area (Å²) in [5.41, 5.74) is 0. The van der Waals surface area contributed by atoms with Gasteiger partial charge in [-0.15, -0.1) is 0 Å². The summed E-state index contributed by atoms with van der Waals surface area (Å²) in [6.45, 7) is 0.0496. The highest BCUT2D eigenvalue weighted by Crippen LogP contribution is 2.11. The van der Waals surface area contributed by atoms with E-state index >= 15 is 0 Å². The summed E-state index contributed by atoms with van der Waals surface area (Å²) >= 11 is 0. The molecule has 112 valence electrons. The molecule has 11 heteroatoms. The lowest BCUT2D eigenvalue weighted by molar-refractivity contribution is -0.128. The second-order valence-electron chi connectivity index (χ2n) is 3.59. The highest BCUT2D eigenvalue weighted by molar-refractivity contribution is 7.80. The van der Waals surface area contributed by atoms with Gasteiger partial charge in [-0.05, 0) is 0 Å². The Balaban J connectivity index is 5.23. The summed E-state index contributed by atoms with van der Waals surface area (Å²) in [5, 5.41) is 29.3. The molecule has 0 fully saturated rings. The van der Waals surface area contributed by atoms with Gasteiger partial charge in [0.15, 0.2) is 0 Å². The van der Waals surface area contributed by atoms with Gasteiger partial charge >= 0.3 is 10.4 Å². The van der Waals surface area contributed by atoms with Gasteiger partial charge in [0.05, 0.1) is 6.61 Å². The van der Waals surface area contributed by atoms with Crippen molar-refractivity contribution in [1.29, 1.82) is 0 Å². The Kier molecular flexibility index (Phi) is 7.04. The van der Waals surface area contributed by atoms with E-state index in [0.29, 0.717) is 0 Å². The van der Waals surface area contributed by atoms with Crippen LogP contribution in [0.2, 0.25) is 0 Å². The lowest BCUT2D eigenvalue weighted by atomic mass is 10.0. The lowest BCUT2D eigenvalue weighted by Crippen LogP contribution is -2.54. The van der Waals surface area contributed by atoms with Gasteiger partial charge in [0.25, 0.3) is 0 Å². The second-order valence-corrected chi connectivity index (χ2v) is 4.64. The minimum atomic E-state index is -5.06. The van der Waals surface area contributed by atoms with E-state index in [4.69, 9.17) is 9.66 Å². The van der Waals surface area contributed by atoms with Crippen LogP contribution < -0.4 is 5.32 Å². The maximum absolute atomic E-state index is 10.8. The van der Waals surface area contributed by atoms with E-state index in [0.717, 1.165) is 6.92 Å². The molecule has 0 radical (unpaired) electrons. The van der Waals surface area contributed by atoms with Crippen LogP contribution >= 0.6 is 0 Å². The van der Waals surface area contributed by atoms with Gasteiger partial charge in [-0.2, -0.15) is 8.42 Å². The fourth-order valence-electron chi connectivity index (χ4n) is 1.22. The largest absolute Gasteiger partial charge is 0.397 e. The third kappa shape index (κ3) is 6.56. The molecule has 0 heterocycles. The molecule has 0 saturated heterocycles. The first-order valence-corrected chi connectivity index (χ1v) is 6.34. The van der Waals surface area contributed by atoms with Gasteiger partial charge in [0.1, 0.15) is 30.6 Å². The second kappa shape index (κ2) is 7.47.